The third-order valence-electron chi connectivity index (χ3n) is 3.32. The standard InChI is InChI=1S/C15H12F3N5/c1-20-14-22-12(19)9-6-7-11(21-13(9)23-14)8-4-2-3-5-10(8)15(16,17)18/h2-7H,1H3,(H3,19,20,21,22,23). The zero-order valence-corrected chi connectivity index (χ0v) is 12.0. The van der Waals surface area contributed by atoms with Crippen molar-refractivity contribution >= 4 is 22.8 Å². The number of fused-ring (bicyclic) bond motifs is 1. The summed E-state index contributed by atoms with van der Waals surface area (Å²) in [7, 11) is 1.61. The summed E-state index contributed by atoms with van der Waals surface area (Å²) in [4.78, 5) is 12.4. The van der Waals surface area contributed by atoms with Gasteiger partial charge in [0.1, 0.15) is 5.82 Å². The van der Waals surface area contributed by atoms with Gasteiger partial charge in [0.2, 0.25) is 5.95 Å². The highest BCUT2D eigenvalue weighted by Crippen LogP contribution is 2.36. The first-order chi connectivity index (χ1) is 10.9. The smallest absolute Gasteiger partial charge is 0.383 e. The number of nitrogens with one attached hydrogen (secondary N) is 1. The van der Waals surface area contributed by atoms with Crippen LogP contribution in [0, 0.1) is 0 Å². The number of pyridine rings is 1. The predicted octanol–water partition coefficient (Wildman–Crippen LogP) is 3.33. The molecule has 0 spiro atoms. The van der Waals surface area contributed by atoms with Crippen molar-refractivity contribution in [2.45, 2.75) is 6.18 Å². The molecule has 3 N–H and O–H groups in total. The predicted molar refractivity (Wildman–Crippen MR) is 81.7 cm³/mol. The van der Waals surface area contributed by atoms with Crippen LogP contribution < -0.4 is 11.1 Å². The quantitative estimate of drug-likeness (QED) is 0.757. The van der Waals surface area contributed by atoms with Gasteiger partial charge in [0.15, 0.2) is 5.65 Å². The molecule has 0 radical (unpaired) electrons. The van der Waals surface area contributed by atoms with Crippen molar-refractivity contribution in [2.24, 2.45) is 0 Å². The number of nitrogen functional groups attached to an aromatic ring is 1. The van der Waals surface area contributed by atoms with Gasteiger partial charge in [-0.25, -0.2) is 4.98 Å². The Morgan fingerprint density at radius 3 is 2.43 bits per heavy atom. The SMILES string of the molecule is CNc1nc(N)c2ccc(-c3ccccc3C(F)(F)F)nc2n1. The van der Waals surface area contributed by atoms with Crippen molar-refractivity contribution in [1.82, 2.24) is 15.0 Å². The number of rotatable bonds is 2. The number of anilines is 2. The van der Waals surface area contributed by atoms with E-state index in [4.69, 9.17) is 5.73 Å². The molecule has 0 saturated heterocycles. The topological polar surface area (TPSA) is 76.7 Å². The van der Waals surface area contributed by atoms with Crippen LogP contribution in [0.5, 0.6) is 0 Å². The number of aromatic nitrogens is 3. The van der Waals surface area contributed by atoms with Gasteiger partial charge in [0.05, 0.1) is 16.6 Å². The zero-order chi connectivity index (χ0) is 16.6. The molecule has 0 fully saturated rings. The Labute approximate surface area is 129 Å². The molecule has 0 saturated carbocycles. The lowest BCUT2D eigenvalue weighted by atomic mass is 10.0. The largest absolute Gasteiger partial charge is 0.417 e. The van der Waals surface area contributed by atoms with Crippen LogP contribution in [0.1, 0.15) is 5.56 Å². The van der Waals surface area contributed by atoms with Crippen LogP contribution in [0.25, 0.3) is 22.3 Å². The summed E-state index contributed by atoms with van der Waals surface area (Å²) in [6.07, 6.45) is -4.46. The Balaban J connectivity index is 2.22. The van der Waals surface area contributed by atoms with Gasteiger partial charge >= 0.3 is 6.18 Å². The van der Waals surface area contributed by atoms with E-state index in [1.165, 1.54) is 24.3 Å². The molecule has 3 rings (SSSR count). The number of benzene rings is 1. The van der Waals surface area contributed by atoms with E-state index in [0.717, 1.165) is 6.07 Å². The first-order valence-electron chi connectivity index (χ1n) is 6.69. The molecule has 3 aromatic rings. The highest BCUT2D eigenvalue weighted by molar-refractivity contribution is 5.88. The minimum absolute atomic E-state index is 0.00917. The van der Waals surface area contributed by atoms with Crippen LogP contribution in [0.4, 0.5) is 24.9 Å². The van der Waals surface area contributed by atoms with Gasteiger partial charge in [-0.05, 0) is 18.2 Å². The number of alkyl halides is 3. The van der Waals surface area contributed by atoms with E-state index in [2.05, 4.69) is 20.3 Å². The summed E-state index contributed by atoms with van der Waals surface area (Å²) in [6, 6.07) is 8.32. The van der Waals surface area contributed by atoms with E-state index in [9.17, 15) is 13.2 Å². The van der Waals surface area contributed by atoms with Gasteiger partial charge in [-0.1, -0.05) is 18.2 Å². The fourth-order valence-electron chi connectivity index (χ4n) is 2.25. The molecular formula is C15H12F3N5. The van der Waals surface area contributed by atoms with Gasteiger partial charge in [0.25, 0.3) is 0 Å². The van der Waals surface area contributed by atoms with E-state index in [-0.39, 0.29) is 28.7 Å². The maximum atomic E-state index is 13.1. The molecule has 0 bridgehead atoms. The van der Waals surface area contributed by atoms with Crippen LogP contribution in [0.3, 0.4) is 0 Å². The summed E-state index contributed by atoms with van der Waals surface area (Å²) in [5.41, 5.74) is 5.46. The molecule has 2 aromatic heterocycles. The van der Waals surface area contributed by atoms with Crippen LogP contribution in [-0.2, 0) is 6.18 Å². The molecular weight excluding hydrogens is 307 g/mol. The zero-order valence-electron chi connectivity index (χ0n) is 12.0. The maximum Gasteiger partial charge on any atom is 0.417 e. The molecule has 0 aliphatic carbocycles. The average molecular weight is 319 g/mol. The molecule has 0 amide bonds. The number of hydrogen-bond acceptors (Lipinski definition) is 5. The van der Waals surface area contributed by atoms with Crippen LogP contribution in [-0.4, -0.2) is 22.0 Å². The molecule has 23 heavy (non-hydrogen) atoms. The Morgan fingerprint density at radius 2 is 1.74 bits per heavy atom. The monoisotopic (exact) mass is 319 g/mol. The highest BCUT2D eigenvalue weighted by atomic mass is 19.4. The van der Waals surface area contributed by atoms with Crippen molar-refractivity contribution in [3.63, 3.8) is 0 Å². The summed E-state index contributed by atoms with van der Waals surface area (Å²) in [5, 5.41) is 3.22. The molecule has 2 heterocycles. The maximum absolute atomic E-state index is 13.1. The molecule has 1 aromatic carbocycles. The lowest BCUT2D eigenvalue weighted by Gasteiger charge is -2.12. The molecule has 0 aliphatic rings. The van der Waals surface area contributed by atoms with Gasteiger partial charge in [-0.3, -0.25) is 0 Å². The summed E-state index contributed by atoms with van der Waals surface area (Å²) < 4.78 is 39.4. The van der Waals surface area contributed by atoms with Crippen molar-refractivity contribution in [3.8, 4) is 11.3 Å². The minimum atomic E-state index is -4.46. The van der Waals surface area contributed by atoms with E-state index in [0.29, 0.717) is 5.39 Å². The second-order valence-corrected chi connectivity index (χ2v) is 4.79. The Kier molecular flexibility index (Phi) is 3.51. The molecule has 0 atom stereocenters. The van der Waals surface area contributed by atoms with Crippen molar-refractivity contribution in [3.05, 3.63) is 42.0 Å². The second-order valence-electron chi connectivity index (χ2n) is 4.79. The number of hydrogen-bond donors (Lipinski definition) is 2. The third kappa shape index (κ3) is 2.75. The average Bonchev–Trinajstić information content (AvgIpc) is 2.53. The van der Waals surface area contributed by atoms with Crippen LogP contribution in [0.15, 0.2) is 36.4 Å². The fourth-order valence-corrected chi connectivity index (χ4v) is 2.25. The molecule has 0 aliphatic heterocycles. The molecule has 5 nitrogen and oxygen atoms in total. The van der Waals surface area contributed by atoms with Gasteiger partial charge in [-0.15, -0.1) is 0 Å². The van der Waals surface area contributed by atoms with E-state index in [1.54, 1.807) is 13.1 Å². The number of halogens is 3. The number of nitrogens with two attached hydrogens (primary N) is 1. The van der Waals surface area contributed by atoms with Crippen molar-refractivity contribution in [1.29, 1.82) is 0 Å². The second kappa shape index (κ2) is 5.38. The van der Waals surface area contributed by atoms with Gasteiger partial charge < -0.3 is 11.1 Å². The van der Waals surface area contributed by atoms with E-state index < -0.39 is 11.7 Å². The van der Waals surface area contributed by atoms with E-state index >= 15 is 0 Å². The lowest BCUT2D eigenvalue weighted by molar-refractivity contribution is -0.137. The lowest BCUT2D eigenvalue weighted by Crippen LogP contribution is -2.08. The molecule has 8 heteroatoms. The summed E-state index contributed by atoms with van der Waals surface area (Å²) in [5.74, 6) is 0.464. The van der Waals surface area contributed by atoms with E-state index in [1.807, 2.05) is 0 Å². The Morgan fingerprint density at radius 1 is 1.00 bits per heavy atom. The minimum Gasteiger partial charge on any atom is -0.383 e. The first-order valence-corrected chi connectivity index (χ1v) is 6.69. The van der Waals surface area contributed by atoms with Crippen LogP contribution in [0.2, 0.25) is 0 Å². The fraction of sp³-hybridized carbons (Fsp3) is 0.133. The van der Waals surface area contributed by atoms with Gasteiger partial charge in [-0.2, -0.15) is 23.1 Å². The normalized spacial score (nSPS) is 11.7. The number of nitrogens with zero attached hydrogens (tertiary/aromatic N) is 3. The van der Waals surface area contributed by atoms with Crippen molar-refractivity contribution in [2.75, 3.05) is 18.1 Å². The highest BCUT2D eigenvalue weighted by Gasteiger charge is 2.33. The summed E-state index contributed by atoms with van der Waals surface area (Å²) in [6.45, 7) is 0. The first kappa shape index (κ1) is 15.0. The molecule has 118 valence electrons. The molecule has 0 unspecified atom stereocenters. The third-order valence-corrected chi connectivity index (χ3v) is 3.32. The Bertz CT molecular complexity index is 877. The summed E-state index contributed by atoms with van der Waals surface area (Å²) >= 11 is 0. The van der Waals surface area contributed by atoms with Crippen LogP contribution >= 0.6 is 0 Å². The van der Waals surface area contributed by atoms with Gasteiger partial charge in [0, 0.05) is 12.6 Å². The Hall–Kier alpha value is -2.90. The van der Waals surface area contributed by atoms with Crippen molar-refractivity contribution < 1.29 is 13.2 Å².